The molecule has 0 aromatic heterocycles. The van der Waals surface area contributed by atoms with E-state index in [0.717, 1.165) is 11.3 Å². The highest BCUT2D eigenvalue weighted by molar-refractivity contribution is 7.99. The van der Waals surface area contributed by atoms with Gasteiger partial charge in [0.15, 0.2) is 0 Å². The molecular weight excluding hydrogens is 244 g/mol. The van der Waals surface area contributed by atoms with Gasteiger partial charge in [0.05, 0.1) is 7.11 Å². The molecule has 0 saturated heterocycles. The van der Waals surface area contributed by atoms with Gasteiger partial charge in [-0.3, -0.25) is 0 Å². The number of methoxy groups -OCH3 is 1. The molecule has 0 bridgehead atoms. The predicted molar refractivity (Wildman–Crippen MR) is 76.7 cm³/mol. The van der Waals surface area contributed by atoms with E-state index in [9.17, 15) is 4.79 Å². The number of esters is 1. The zero-order valence-corrected chi connectivity index (χ0v) is 11.8. The average Bonchev–Trinajstić information content (AvgIpc) is 2.42. The van der Waals surface area contributed by atoms with Gasteiger partial charge in [-0.2, -0.15) is 0 Å². The van der Waals surface area contributed by atoms with Crippen molar-refractivity contribution in [2.24, 2.45) is 0 Å². The second-order valence-electron chi connectivity index (χ2n) is 3.92. The summed E-state index contributed by atoms with van der Waals surface area (Å²) in [5.41, 5.74) is 2.35. The molecule has 0 N–H and O–H groups in total. The molecule has 0 spiro atoms. The van der Waals surface area contributed by atoms with Crippen LogP contribution in [-0.2, 0) is 9.53 Å². The van der Waals surface area contributed by atoms with E-state index in [0.29, 0.717) is 0 Å². The van der Waals surface area contributed by atoms with Gasteiger partial charge >= 0.3 is 5.97 Å². The van der Waals surface area contributed by atoms with Gasteiger partial charge in [-0.25, -0.2) is 4.79 Å². The van der Waals surface area contributed by atoms with Crippen LogP contribution in [-0.4, -0.2) is 18.8 Å². The summed E-state index contributed by atoms with van der Waals surface area (Å²) in [6.07, 6.45) is 3.25. The van der Waals surface area contributed by atoms with Crippen LogP contribution in [0.5, 0.6) is 0 Å². The lowest BCUT2D eigenvalue weighted by Gasteiger charge is -2.04. The van der Waals surface area contributed by atoms with Crippen LogP contribution in [0.1, 0.15) is 13.8 Å². The Morgan fingerprint density at radius 3 is 2.50 bits per heavy atom. The van der Waals surface area contributed by atoms with Crippen molar-refractivity contribution in [3.05, 3.63) is 53.6 Å². The molecule has 0 aliphatic rings. The maximum absolute atomic E-state index is 11.0. The van der Waals surface area contributed by atoms with E-state index in [2.05, 4.69) is 23.8 Å². The molecule has 1 rings (SSSR count). The van der Waals surface area contributed by atoms with Gasteiger partial charge in [0, 0.05) is 16.7 Å². The van der Waals surface area contributed by atoms with Gasteiger partial charge in [-0.15, -0.1) is 11.8 Å². The first-order valence-electron chi connectivity index (χ1n) is 5.73. The van der Waals surface area contributed by atoms with Crippen molar-refractivity contribution in [3.63, 3.8) is 0 Å². The monoisotopic (exact) mass is 262 g/mol. The maximum Gasteiger partial charge on any atom is 0.330 e. The summed E-state index contributed by atoms with van der Waals surface area (Å²) in [4.78, 5) is 12.2. The van der Waals surface area contributed by atoms with E-state index >= 15 is 0 Å². The second-order valence-corrected chi connectivity index (χ2v) is 4.97. The molecule has 0 fully saturated rings. The number of thioether (sulfide) groups is 1. The molecule has 0 unspecified atom stereocenters. The quantitative estimate of drug-likeness (QED) is 0.349. The third kappa shape index (κ3) is 5.23. The third-order valence-electron chi connectivity index (χ3n) is 2.54. The molecule has 2 nitrogen and oxygen atoms in total. The molecule has 0 aliphatic heterocycles. The largest absolute Gasteiger partial charge is 0.466 e. The van der Waals surface area contributed by atoms with Crippen molar-refractivity contribution in [2.75, 3.05) is 12.9 Å². The van der Waals surface area contributed by atoms with Gasteiger partial charge in [0.1, 0.15) is 0 Å². The number of rotatable bonds is 5. The summed E-state index contributed by atoms with van der Waals surface area (Å²) in [7, 11) is 1.38. The molecule has 0 saturated carbocycles. The Balaban J connectivity index is 2.55. The Bertz CT molecular complexity index is 447. The maximum atomic E-state index is 11.0. The Labute approximate surface area is 113 Å². The van der Waals surface area contributed by atoms with Crippen molar-refractivity contribution >= 4 is 17.7 Å². The van der Waals surface area contributed by atoms with E-state index < -0.39 is 0 Å². The van der Waals surface area contributed by atoms with E-state index in [1.54, 1.807) is 17.8 Å². The standard InChI is InChI=1S/C15H18O2S/c1-12(9-10-15(16)17-3)13(2)11-18-14-7-5-4-6-8-14/h4-10H,11H2,1-3H3/b10-9+,13-12-. The average molecular weight is 262 g/mol. The Morgan fingerprint density at radius 1 is 1.22 bits per heavy atom. The highest BCUT2D eigenvalue weighted by Crippen LogP contribution is 2.21. The molecule has 0 atom stereocenters. The topological polar surface area (TPSA) is 26.3 Å². The summed E-state index contributed by atoms with van der Waals surface area (Å²) in [5.74, 6) is 0.597. The lowest BCUT2D eigenvalue weighted by molar-refractivity contribution is -0.134. The molecule has 0 radical (unpaired) electrons. The number of hydrogen-bond donors (Lipinski definition) is 0. The first-order valence-corrected chi connectivity index (χ1v) is 6.72. The zero-order valence-electron chi connectivity index (χ0n) is 11.0. The van der Waals surface area contributed by atoms with Gasteiger partial charge in [-0.05, 0) is 26.0 Å². The lowest BCUT2D eigenvalue weighted by atomic mass is 10.1. The van der Waals surface area contributed by atoms with Crippen LogP contribution in [0.15, 0.2) is 58.5 Å². The molecule has 0 aliphatic carbocycles. The highest BCUT2D eigenvalue weighted by Gasteiger charge is 1.98. The molecule has 0 amide bonds. The molecule has 18 heavy (non-hydrogen) atoms. The summed E-state index contributed by atoms with van der Waals surface area (Å²) in [5, 5.41) is 0. The molecule has 3 heteroatoms. The van der Waals surface area contributed by atoms with E-state index in [1.807, 2.05) is 25.1 Å². The number of carbonyl (C=O) groups is 1. The molecule has 1 aromatic rings. The normalized spacial score (nSPS) is 12.4. The van der Waals surface area contributed by atoms with E-state index in [1.165, 1.54) is 23.7 Å². The summed E-state index contributed by atoms with van der Waals surface area (Å²) in [6, 6.07) is 10.3. The van der Waals surface area contributed by atoms with Crippen molar-refractivity contribution in [1.29, 1.82) is 0 Å². The molecule has 96 valence electrons. The minimum absolute atomic E-state index is 0.321. The first kappa shape index (κ1) is 14.6. The second kappa shape index (κ2) is 7.77. The van der Waals surface area contributed by atoms with Crippen LogP contribution in [0, 0.1) is 0 Å². The minimum atomic E-state index is -0.321. The predicted octanol–water partition coefficient (Wildman–Crippen LogP) is 3.84. The van der Waals surface area contributed by atoms with Crippen molar-refractivity contribution in [3.8, 4) is 0 Å². The summed E-state index contributed by atoms with van der Waals surface area (Å²) < 4.78 is 4.56. The van der Waals surface area contributed by atoms with Gasteiger partial charge in [0.25, 0.3) is 0 Å². The van der Waals surface area contributed by atoms with Crippen molar-refractivity contribution in [1.82, 2.24) is 0 Å². The number of allylic oxidation sites excluding steroid dienone is 2. The summed E-state index contributed by atoms with van der Waals surface area (Å²) in [6.45, 7) is 4.08. The number of benzene rings is 1. The van der Waals surface area contributed by atoms with Gasteiger partial charge in [0.2, 0.25) is 0 Å². The fraction of sp³-hybridized carbons (Fsp3) is 0.267. The van der Waals surface area contributed by atoms with E-state index in [4.69, 9.17) is 0 Å². The number of hydrogen-bond acceptors (Lipinski definition) is 3. The Hall–Kier alpha value is -1.48. The van der Waals surface area contributed by atoms with Crippen LogP contribution >= 0.6 is 11.8 Å². The van der Waals surface area contributed by atoms with Gasteiger partial charge in [-0.1, -0.05) is 35.4 Å². The highest BCUT2D eigenvalue weighted by atomic mass is 32.2. The Morgan fingerprint density at radius 2 is 1.89 bits per heavy atom. The SMILES string of the molecule is COC(=O)/C=C/C(C)=C(/C)CSc1ccccc1. The van der Waals surface area contributed by atoms with Crippen LogP contribution in [0.25, 0.3) is 0 Å². The number of ether oxygens (including phenoxy) is 1. The minimum Gasteiger partial charge on any atom is -0.466 e. The smallest absolute Gasteiger partial charge is 0.330 e. The summed E-state index contributed by atoms with van der Waals surface area (Å²) >= 11 is 1.79. The van der Waals surface area contributed by atoms with Crippen molar-refractivity contribution in [2.45, 2.75) is 18.7 Å². The lowest BCUT2D eigenvalue weighted by Crippen LogP contribution is -1.94. The first-order chi connectivity index (χ1) is 8.63. The Kier molecular flexibility index (Phi) is 6.29. The fourth-order valence-corrected chi connectivity index (χ4v) is 2.19. The zero-order chi connectivity index (χ0) is 13.4. The fourth-order valence-electron chi connectivity index (χ4n) is 1.23. The van der Waals surface area contributed by atoms with Crippen LogP contribution in [0.4, 0.5) is 0 Å². The third-order valence-corrected chi connectivity index (χ3v) is 3.73. The van der Waals surface area contributed by atoms with Crippen LogP contribution in [0.3, 0.4) is 0 Å². The molecular formula is C15H18O2S. The van der Waals surface area contributed by atoms with Crippen molar-refractivity contribution < 1.29 is 9.53 Å². The van der Waals surface area contributed by atoms with Crippen LogP contribution < -0.4 is 0 Å². The van der Waals surface area contributed by atoms with Crippen LogP contribution in [0.2, 0.25) is 0 Å². The number of carbonyl (C=O) groups excluding carboxylic acids is 1. The molecule has 0 heterocycles. The van der Waals surface area contributed by atoms with Gasteiger partial charge < -0.3 is 4.74 Å². The van der Waals surface area contributed by atoms with E-state index in [-0.39, 0.29) is 5.97 Å². The molecule has 1 aromatic carbocycles.